The molecule has 2 atom stereocenters. The van der Waals surface area contributed by atoms with Crippen molar-refractivity contribution in [2.24, 2.45) is 5.92 Å². The van der Waals surface area contributed by atoms with Gasteiger partial charge in [-0.1, -0.05) is 98.1 Å². The summed E-state index contributed by atoms with van der Waals surface area (Å²) in [6, 6.07) is 23.9. The Morgan fingerprint density at radius 2 is 1.52 bits per heavy atom. The molecule has 9 heteroatoms. The summed E-state index contributed by atoms with van der Waals surface area (Å²) in [6.07, 6.45) is 1.47. The Labute approximate surface area is 238 Å². The predicted molar refractivity (Wildman–Crippen MR) is 151 cm³/mol. The van der Waals surface area contributed by atoms with E-state index in [0.717, 1.165) is 35.1 Å². The van der Waals surface area contributed by atoms with Gasteiger partial charge in [-0.2, -0.15) is 5.26 Å². The number of amides is 1. The molecule has 208 valence electrons. The smallest absolute Gasteiger partial charge is 0.407 e. The van der Waals surface area contributed by atoms with E-state index in [1.54, 1.807) is 30.3 Å². The number of halogens is 1. The number of carbonyl (C=O) groups is 3. The van der Waals surface area contributed by atoms with Crippen LogP contribution in [0.2, 0.25) is 5.02 Å². The topological polar surface area (TPSA) is 137 Å². The van der Waals surface area contributed by atoms with Gasteiger partial charge in [0.1, 0.15) is 18.6 Å². The SMILES string of the molecule is CCCC[C@H](NC(=O)OCC1c2ccccc2-c2ccccc21)C(=O)O.N#CC(Cc1ccccc1Cl)C(=O)O. The average Bonchev–Trinajstić information content (AvgIpc) is 3.27. The van der Waals surface area contributed by atoms with Gasteiger partial charge >= 0.3 is 18.0 Å². The highest BCUT2D eigenvalue weighted by atomic mass is 35.5. The molecule has 0 bridgehead atoms. The van der Waals surface area contributed by atoms with E-state index in [4.69, 9.17) is 26.7 Å². The fourth-order valence-electron chi connectivity index (χ4n) is 4.52. The molecule has 0 fully saturated rings. The van der Waals surface area contributed by atoms with E-state index in [1.165, 1.54) is 0 Å². The number of hydrogen-bond acceptors (Lipinski definition) is 5. The molecular weight excluding hydrogens is 532 g/mol. The maximum absolute atomic E-state index is 12.1. The summed E-state index contributed by atoms with van der Waals surface area (Å²) in [5.74, 6) is -3.22. The van der Waals surface area contributed by atoms with Gasteiger partial charge in [0.05, 0.1) is 6.07 Å². The fourth-order valence-corrected chi connectivity index (χ4v) is 4.73. The minimum atomic E-state index is -1.12. The summed E-state index contributed by atoms with van der Waals surface area (Å²) in [6.45, 7) is 2.16. The van der Waals surface area contributed by atoms with E-state index in [-0.39, 0.29) is 18.9 Å². The summed E-state index contributed by atoms with van der Waals surface area (Å²) < 4.78 is 5.39. The van der Waals surface area contributed by atoms with Crippen molar-refractivity contribution in [1.82, 2.24) is 5.32 Å². The molecule has 1 unspecified atom stereocenters. The number of unbranched alkanes of at least 4 members (excludes halogenated alkanes) is 1. The zero-order valence-corrected chi connectivity index (χ0v) is 22.8. The normalized spacial score (nSPS) is 12.9. The number of rotatable bonds is 10. The summed E-state index contributed by atoms with van der Waals surface area (Å²) in [4.78, 5) is 33.9. The molecule has 1 aliphatic carbocycles. The van der Waals surface area contributed by atoms with Crippen molar-refractivity contribution in [2.45, 2.75) is 44.6 Å². The Kier molecular flexibility index (Phi) is 11.1. The molecule has 3 aromatic carbocycles. The molecule has 0 saturated carbocycles. The summed E-state index contributed by atoms with van der Waals surface area (Å²) in [5, 5.41) is 29.4. The Balaban J connectivity index is 0.000000267. The number of ether oxygens (including phenoxy) is 1. The Morgan fingerprint density at radius 1 is 0.950 bits per heavy atom. The second kappa shape index (κ2) is 14.7. The second-order valence-corrected chi connectivity index (χ2v) is 9.73. The molecule has 0 saturated heterocycles. The first-order valence-corrected chi connectivity index (χ1v) is 13.3. The molecule has 1 aliphatic rings. The molecule has 8 nitrogen and oxygen atoms in total. The first-order chi connectivity index (χ1) is 19.3. The summed E-state index contributed by atoms with van der Waals surface area (Å²) in [7, 11) is 0. The maximum Gasteiger partial charge on any atom is 0.407 e. The first kappa shape index (κ1) is 30.2. The molecule has 0 radical (unpaired) electrons. The van der Waals surface area contributed by atoms with Gasteiger partial charge < -0.3 is 20.3 Å². The lowest BCUT2D eigenvalue weighted by Crippen LogP contribution is -2.41. The van der Waals surface area contributed by atoms with Crippen LogP contribution in [0.5, 0.6) is 0 Å². The maximum atomic E-state index is 12.1. The minimum absolute atomic E-state index is 0.0351. The summed E-state index contributed by atoms with van der Waals surface area (Å²) >= 11 is 5.83. The third kappa shape index (κ3) is 7.84. The Morgan fingerprint density at radius 3 is 2.05 bits per heavy atom. The van der Waals surface area contributed by atoms with E-state index in [1.807, 2.05) is 43.3 Å². The van der Waals surface area contributed by atoms with Gasteiger partial charge in [0.15, 0.2) is 0 Å². The highest BCUT2D eigenvalue weighted by Crippen LogP contribution is 2.44. The number of nitrogens with zero attached hydrogens (tertiary/aromatic N) is 1. The minimum Gasteiger partial charge on any atom is -0.480 e. The lowest BCUT2D eigenvalue weighted by Gasteiger charge is -2.17. The number of alkyl carbamates (subject to hydrolysis) is 1. The van der Waals surface area contributed by atoms with Gasteiger partial charge in [-0.25, -0.2) is 9.59 Å². The monoisotopic (exact) mass is 562 g/mol. The van der Waals surface area contributed by atoms with Crippen LogP contribution in [0.3, 0.4) is 0 Å². The van der Waals surface area contributed by atoms with Gasteiger partial charge in [-0.15, -0.1) is 0 Å². The van der Waals surface area contributed by atoms with E-state index in [2.05, 4.69) is 17.4 Å². The number of benzene rings is 3. The van der Waals surface area contributed by atoms with E-state index in [9.17, 15) is 19.5 Å². The van der Waals surface area contributed by atoms with Crippen molar-refractivity contribution in [2.75, 3.05) is 6.61 Å². The Hall–Kier alpha value is -4.35. The molecule has 40 heavy (non-hydrogen) atoms. The number of nitriles is 1. The van der Waals surface area contributed by atoms with Crippen LogP contribution < -0.4 is 5.32 Å². The second-order valence-electron chi connectivity index (χ2n) is 9.32. The molecular formula is C31H31ClN2O6. The van der Waals surface area contributed by atoms with Crippen molar-refractivity contribution in [3.8, 4) is 17.2 Å². The zero-order valence-electron chi connectivity index (χ0n) is 22.0. The Bertz CT molecular complexity index is 1340. The van der Waals surface area contributed by atoms with E-state index >= 15 is 0 Å². The third-order valence-corrected chi connectivity index (χ3v) is 6.98. The molecule has 0 spiro atoms. The fraction of sp³-hybridized carbons (Fsp3) is 0.290. The number of nitrogens with one attached hydrogen (secondary N) is 1. The summed E-state index contributed by atoms with van der Waals surface area (Å²) in [5.41, 5.74) is 5.25. The van der Waals surface area contributed by atoms with Crippen LogP contribution in [0.4, 0.5) is 4.79 Å². The average molecular weight is 563 g/mol. The molecule has 4 rings (SSSR count). The van der Waals surface area contributed by atoms with Crippen LogP contribution in [0, 0.1) is 17.2 Å². The number of hydrogen-bond donors (Lipinski definition) is 3. The van der Waals surface area contributed by atoms with Gasteiger partial charge in [-0.05, 0) is 40.3 Å². The third-order valence-electron chi connectivity index (χ3n) is 6.62. The predicted octanol–water partition coefficient (Wildman–Crippen LogP) is 6.28. The van der Waals surface area contributed by atoms with Gasteiger partial charge in [0.2, 0.25) is 0 Å². The van der Waals surface area contributed by atoms with Crippen molar-refractivity contribution in [3.63, 3.8) is 0 Å². The number of carboxylic acids is 2. The van der Waals surface area contributed by atoms with Crippen LogP contribution in [0.25, 0.3) is 11.1 Å². The standard InChI is InChI=1S/C21H23NO4.C10H8ClNO2/c1-2-3-12-19(20(23)24)22-21(25)26-13-18-16-10-6-4-8-14(16)15-9-5-7-11-17(15)18;11-9-4-2-1-3-7(9)5-8(6-12)10(13)14/h4-11,18-19H,2-3,12-13H2,1H3,(H,22,25)(H,23,24);1-4,8H,5H2,(H,13,14)/t19-;/m0./s1. The highest BCUT2D eigenvalue weighted by molar-refractivity contribution is 6.31. The highest BCUT2D eigenvalue weighted by Gasteiger charge is 2.29. The van der Waals surface area contributed by atoms with Crippen LogP contribution in [-0.2, 0) is 20.7 Å². The van der Waals surface area contributed by atoms with Gasteiger partial charge in [0.25, 0.3) is 0 Å². The van der Waals surface area contributed by atoms with E-state index in [0.29, 0.717) is 17.0 Å². The van der Waals surface area contributed by atoms with E-state index < -0.39 is 30.0 Å². The van der Waals surface area contributed by atoms with Crippen LogP contribution >= 0.6 is 11.6 Å². The van der Waals surface area contributed by atoms with Gasteiger partial charge in [-0.3, -0.25) is 4.79 Å². The lowest BCUT2D eigenvalue weighted by atomic mass is 9.98. The molecule has 0 aliphatic heterocycles. The van der Waals surface area contributed by atoms with Gasteiger partial charge in [0, 0.05) is 17.4 Å². The molecule has 3 N–H and O–H groups in total. The van der Waals surface area contributed by atoms with Crippen LogP contribution in [0.1, 0.15) is 48.8 Å². The zero-order chi connectivity index (χ0) is 29.1. The molecule has 0 aromatic heterocycles. The van der Waals surface area contributed by atoms with Crippen molar-refractivity contribution >= 4 is 29.6 Å². The number of aliphatic carboxylic acids is 2. The quantitative estimate of drug-likeness (QED) is 0.264. The number of fused-ring (bicyclic) bond motifs is 3. The molecule has 1 amide bonds. The molecule has 3 aromatic rings. The van der Waals surface area contributed by atoms with Crippen molar-refractivity contribution in [3.05, 3.63) is 94.5 Å². The lowest BCUT2D eigenvalue weighted by molar-refractivity contribution is -0.140. The van der Waals surface area contributed by atoms with Crippen molar-refractivity contribution < 1.29 is 29.3 Å². The largest absolute Gasteiger partial charge is 0.480 e. The number of carbonyl (C=O) groups excluding carboxylic acids is 1. The molecule has 0 heterocycles. The van der Waals surface area contributed by atoms with Crippen LogP contribution in [0.15, 0.2) is 72.8 Å². The van der Waals surface area contributed by atoms with Crippen LogP contribution in [-0.4, -0.2) is 40.9 Å². The first-order valence-electron chi connectivity index (χ1n) is 13.0. The van der Waals surface area contributed by atoms with Crippen molar-refractivity contribution in [1.29, 1.82) is 5.26 Å². The number of carboxylic acid groups (broad SMARTS) is 2.